The van der Waals surface area contributed by atoms with Crippen molar-refractivity contribution in [3.05, 3.63) is 51.2 Å². The zero-order valence-corrected chi connectivity index (χ0v) is 10.6. The molecule has 0 saturated carbocycles. The predicted molar refractivity (Wildman–Crippen MR) is 71.3 cm³/mol. The first-order chi connectivity index (χ1) is 9.13. The molecule has 0 aliphatic heterocycles. The number of anilines is 2. The van der Waals surface area contributed by atoms with E-state index in [0.717, 1.165) is 41.8 Å². The Morgan fingerprint density at radius 3 is 3.00 bits per heavy atom. The molecule has 0 fully saturated rings. The Labute approximate surface area is 109 Å². The molecule has 5 heteroatoms. The summed E-state index contributed by atoms with van der Waals surface area (Å²) in [5, 5.41) is 3.04. The van der Waals surface area contributed by atoms with Crippen LogP contribution in [0.1, 0.15) is 23.2 Å². The van der Waals surface area contributed by atoms with Crippen molar-refractivity contribution in [3.63, 3.8) is 0 Å². The third-order valence-corrected chi connectivity index (χ3v) is 3.38. The standard InChI is InChI=1S/C14H14FN3O/c1-8-7-9(15)5-6-11(8)16-14-17-12-4-2-3-10(12)13(19)18-14/h5-7H,2-4H2,1H3,(H2,16,17,18,19). The van der Waals surface area contributed by atoms with E-state index in [1.54, 1.807) is 13.0 Å². The lowest BCUT2D eigenvalue weighted by Gasteiger charge is -2.09. The Kier molecular flexibility index (Phi) is 2.81. The van der Waals surface area contributed by atoms with Gasteiger partial charge in [-0.25, -0.2) is 9.37 Å². The van der Waals surface area contributed by atoms with Gasteiger partial charge in [-0.2, -0.15) is 0 Å². The van der Waals surface area contributed by atoms with Crippen LogP contribution in [0.5, 0.6) is 0 Å². The van der Waals surface area contributed by atoms with Crippen LogP contribution in [0.25, 0.3) is 0 Å². The normalized spacial score (nSPS) is 13.4. The van der Waals surface area contributed by atoms with Crippen LogP contribution in [-0.4, -0.2) is 9.97 Å². The van der Waals surface area contributed by atoms with E-state index >= 15 is 0 Å². The molecule has 4 nitrogen and oxygen atoms in total. The molecule has 0 spiro atoms. The maximum Gasteiger partial charge on any atom is 0.255 e. The summed E-state index contributed by atoms with van der Waals surface area (Å²) in [6, 6.07) is 4.45. The molecule has 1 aliphatic rings. The largest absolute Gasteiger partial charge is 0.325 e. The lowest BCUT2D eigenvalue weighted by atomic mass is 10.2. The number of hydrogen-bond acceptors (Lipinski definition) is 3. The van der Waals surface area contributed by atoms with Gasteiger partial charge in [0.2, 0.25) is 5.95 Å². The quantitative estimate of drug-likeness (QED) is 0.871. The number of halogens is 1. The SMILES string of the molecule is Cc1cc(F)ccc1Nc1nc2c(c(=O)[nH]1)CCC2. The van der Waals surface area contributed by atoms with E-state index in [1.807, 2.05) is 0 Å². The van der Waals surface area contributed by atoms with Gasteiger partial charge in [0.05, 0.1) is 5.69 Å². The molecule has 0 atom stereocenters. The highest BCUT2D eigenvalue weighted by atomic mass is 19.1. The minimum atomic E-state index is -0.279. The molecule has 1 heterocycles. The molecule has 98 valence electrons. The Morgan fingerprint density at radius 2 is 2.21 bits per heavy atom. The zero-order valence-electron chi connectivity index (χ0n) is 10.6. The second-order valence-electron chi connectivity index (χ2n) is 4.78. The van der Waals surface area contributed by atoms with E-state index in [9.17, 15) is 9.18 Å². The molecule has 1 aromatic heterocycles. The van der Waals surface area contributed by atoms with Crippen LogP contribution in [0.3, 0.4) is 0 Å². The second kappa shape index (κ2) is 4.50. The minimum absolute atomic E-state index is 0.0789. The first-order valence-corrected chi connectivity index (χ1v) is 6.29. The van der Waals surface area contributed by atoms with Crippen molar-refractivity contribution in [2.75, 3.05) is 5.32 Å². The summed E-state index contributed by atoms with van der Waals surface area (Å²) in [5.41, 5.74) is 3.09. The fourth-order valence-electron chi connectivity index (χ4n) is 2.40. The van der Waals surface area contributed by atoms with Crippen LogP contribution in [0.2, 0.25) is 0 Å². The molecule has 0 saturated heterocycles. The van der Waals surface area contributed by atoms with Gasteiger partial charge in [-0.3, -0.25) is 9.78 Å². The van der Waals surface area contributed by atoms with Gasteiger partial charge in [-0.05, 0) is 49.9 Å². The summed E-state index contributed by atoms with van der Waals surface area (Å²) in [7, 11) is 0. The number of aromatic amines is 1. The van der Waals surface area contributed by atoms with Gasteiger partial charge in [-0.15, -0.1) is 0 Å². The number of nitrogens with zero attached hydrogens (tertiary/aromatic N) is 1. The molecule has 0 bridgehead atoms. The van der Waals surface area contributed by atoms with Crippen LogP contribution < -0.4 is 10.9 Å². The van der Waals surface area contributed by atoms with E-state index in [-0.39, 0.29) is 11.4 Å². The van der Waals surface area contributed by atoms with Crippen molar-refractivity contribution < 1.29 is 4.39 Å². The monoisotopic (exact) mass is 259 g/mol. The second-order valence-corrected chi connectivity index (χ2v) is 4.78. The summed E-state index contributed by atoms with van der Waals surface area (Å²) in [4.78, 5) is 19.0. The van der Waals surface area contributed by atoms with Crippen molar-refractivity contribution in [2.24, 2.45) is 0 Å². The first kappa shape index (κ1) is 11.9. The Bertz CT molecular complexity index is 694. The average molecular weight is 259 g/mol. The maximum absolute atomic E-state index is 13.0. The van der Waals surface area contributed by atoms with Crippen LogP contribution in [0, 0.1) is 12.7 Å². The first-order valence-electron chi connectivity index (χ1n) is 6.29. The van der Waals surface area contributed by atoms with Crippen LogP contribution in [0.15, 0.2) is 23.0 Å². The van der Waals surface area contributed by atoms with E-state index in [4.69, 9.17) is 0 Å². The molecule has 19 heavy (non-hydrogen) atoms. The van der Waals surface area contributed by atoms with Gasteiger partial charge in [-0.1, -0.05) is 0 Å². The fraction of sp³-hybridized carbons (Fsp3) is 0.286. The number of aromatic nitrogens is 2. The third kappa shape index (κ3) is 2.23. The van der Waals surface area contributed by atoms with Gasteiger partial charge in [0, 0.05) is 11.3 Å². The van der Waals surface area contributed by atoms with Crippen molar-refractivity contribution in [3.8, 4) is 0 Å². The van der Waals surface area contributed by atoms with Crippen molar-refractivity contribution in [1.29, 1.82) is 0 Å². The number of rotatable bonds is 2. The van der Waals surface area contributed by atoms with Gasteiger partial charge in [0.25, 0.3) is 5.56 Å². The number of H-pyrrole nitrogens is 1. The number of nitrogens with one attached hydrogen (secondary N) is 2. The molecule has 1 aromatic carbocycles. The highest BCUT2D eigenvalue weighted by Crippen LogP contribution is 2.21. The summed E-state index contributed by atoms with van der Waals surface area (Å²) in [5.74, 6) is 0.138. The predicted octanol–water partition coefficient (Wildman–Crippen LogP) is 2.45. The number of hydrogen-bond donors (Lipinski definition) is 2. The molecule has 0 amide bonds. The van der Waals surface area contributed by atoms with Crippen LogP contribution in [-0.2, 0) is 12.8 Å². The molecule has 2 N–H and O–H groups in total. The zero-order chi connectivity index (χ0) is 13.4. The lowest BCUT2D eigenvalue weighted by Crippen LogP contribution is -2.16. The van der Waals surface area contributed by atoms with Gasteiger partial charge >= 0.3 is 0 Å². The number of fused-ring (bicyclic) bond motifs is 1. The fourth-order valence-corrected chi connectivity index (χ4v) is 2.40. The van der Waals surface area contributed by atoms with E-state index in [1.165, 1.54) is 12.1 Å². The molecule has 0 unspecified atom stereocenters. The van der Waals surface area contributed by atoms with E-state index in [2.05, 4.69) is 15.3 Å². The Balaban J connectivity index is 1.96. The molecule has 1 aliphatic carbocycles. The number of aryl methyl sites for hydroxylation is 2. The molecule has 2 aromatic rings. The Morgan fingerprint density at radius 1 is 1.37 bits per heavy atom. The van der Waals surface area contributed by atoms with Gasteiger partial charge in [0.15, 0.2) is 0 Å². The van der Waals surface area contributed by atoms with E-state index < -0.39 is 0 Å². The van der Waals surface area contributed by atoms with Crippen LogP contribution in [0.4, 0.5) is 16.0 Å². The highest BCUT2D eigenvalue weighted by Gasteiger charge is 2.17. The highest BCUT2D eigenvalue weighted by molar-refractivity contribution is 5.58. The lowest BCUT2D eigenvalue weighted by molar-refractivity contribution is 0.627. The maximum atomic E-state index is 13.0. The topological polar surface area (TPSA) is 57.8 Å². The molecular formula is C14H14FN3O. The van der Waals surface area contributed by atoms with Crippen molar-refractivity contribution in [2.45, 2.75) is 26.2 Å². The van der Waals surface area contributed by atoms with Crippen molar-refractivity contribution in [1.82, 2.24) is 9.97 Å². The van der Waals surface area contributed by atoms with Crippen LogP contribution >= 0.6 is 0 Å². The van der Waals surface area contributed by atoms with E-state index in [0.29, 0.717) is 5.95 Å². The third-order valence-electron chi connectivity index (χ3n) is 3.38. The van der Waals surface area contributed by atoms with Crippen molar-refractivity contribution >= 4 is 11.6 Å². The smallest absolute Gasteiger partial charge is 0.255 e. The van der Waals surface area contributed by atoms with Gasteiger partial charge in [0.1, 0.15) is 5.82 Å². The average Bonchev–Trinajstić information content (AvgIpc) is 2.81. The summed E-state index contributed by atoms with van der Waals surface area (Å²) in [6.45, 7) is 1.80. The summed E-state index contributed by atoms with van der Waals surface area (Å²) in [6.07, 6.45) is 2.62. The summed E-state index contributed by atoms with van der Waals surface area (Å²) >= 11 is 0. The van der Waals surface area contributed by atoms with Gasteiger partial charge < -0.3 is 5.32 Å². The minimum Gasteiger partial charge on any atom is -0.325 e. The molecular weight excluding hydrogens is 245 g/mol. The summed E-state index contributed by atoms with van der Waals surface area (Å²) < 4.78 is 13.0. The molecule has 0 radical (unpaired) electrons. The number of benzene rings is 1. The molecule has 3 rings (SSSR count). The Hall–Kier alpha value is -2.17.